The van der Waals surface area contributed by atoms with Crippen LogP contribution in [-0.4, -0.2) is 62.0 Å². The molecule has 2 atom stereocenters. The van der Waals surface area contributed by atoms with Gasteiger partial charge in [0.25, 0.3) is 0 Å². The molecule has 1 aromatic rings. The number of carbonyl (C=O) groups excluding carboxylic acids is 1. The number of rotatable bonds is 6. The van der Waals surface area contributed by atoms with Gasteiger partial charge in [-0.15, -0.1) is 0 Å². The summed E-state index contributed by atoms with van der Waals surface area (Å²) in [5.41, 5.74) is 0.574. The van der Waals surface area contributed by atoms with Gasteiger partial charge in [-0.1, -0.05) is 0 Å². The number of piperidine rings is 1. The second kappa shape index (κ2) is 8.98. The Balaban J connectivity index is 1.23. The number of hydrogen-bond acceptors (Lipinski definition) is 5. The molecule has 0 aliphatic carbocycles. The Hall–Kier alpha value is -1.70. The third-order valence-corrected chi connectivity index (χ3v) is 6.48. The summed E-state index contributed by atoms with van der Waals surface area (Å²) in [6.45, 7) is 3.58. The first-order valence-electron chi connectivity index (χ1n) is 10.7. The predicted molar refractivity (Wildman–Crippen MR) is 106 cm³/mol. The molecule has 1 spiro atoms. The minimum atomic E-state index is -0.286. The molecule has 2 unspecified atom stereocenters. The standard InChI is InChI=1S/C22H31FN2O4/c1-27-17-4-5-19(23)16(13-17)15-25-10-8-22(9-11-25)7-6-18(29-22)14-24-21(26)20-3-2-12-28-20/h4-5,13,18,20H,2-3,6-12,14-15H2,1H3,(H,24,26). The van der Waals surface area contributed by atoms with E-state index >= 15 is 0 Å². The van der Waals surface area contributed by atoms with E-state index in [1.807, 2.05) is 0 Å². The summed E-state index contributed by atoms with van der Waals surface area (Å²) in [6, 6.07) is 4.89. The van der Waals surface area contributed by atoms with Crippen LogP contribution in [0.25, 0.3) is 0 Å². The van der Waals surface area contributed by atoms with Crippen molar-refractivity contribution < 1.29 is 23.4 Å². The number of amides is 1. The van der Waals surface area contributed by atoms with E-state index in [0.717, 1.165) is 51.6 Å². The maximum atomic E-state index is 14.1. The largest absolute Gasteiger partial charge is 0.497 e. The third-order valence-electron chi connectivity index (χ3n) is 6.48. The topological polar surface area (TPSA) is 60.0 Å². The van der Waals surface area contributed by atoms with E-state index in [4.69, 9.17) is 14.2 Å². The number of halogens is 1. The van der Waals surface area contributed by atoms with Crippen molar-refractivity contribution in [2.24, 2.45) is 0 Å². The van der Waals surface area contributed by atoms with Gasteiger partial charge < -0.3 is 19.5 Å². The van der Waals surface area contributed by atoms with E-state index in [1.165, 1.54) is 6.07 Å². The van der Waals surface area contributed by atoms with Gasteiger partial charge in [0.15, 0.2) is 0 Å². The maximum Gasteiger partial charge on any atom is 0.249 e. The van der Waals surface area contributed by atoms with Gasteiger partial charge in [0.2, 0.25) is 5.91 Å². The average molecular weight is 406 g/mol. The van der Waals surface area contributed by atoms with E-state index in [-0.39, 0.29) is 29.5 Å². The molecule has 3 heterocycles. The van der Waals surface area contributed by atoms with Crippen molar-refractivity contribution in [3.8, 4) is 5.75 Å². The first kappa shape index (κ1) is 20.6. The molecule has 160 valence electrons. The fourth-order valence-electron chi connectivity index (χ4n) is 4.68. The van der Waals surface area contributed by atoms with Crippen LogP contribution in [0, 0.1) is 5.82 Å². The lowest BCUT2D eigenvalue weighted by Crippen LogP contribution is -2.45. The number of likely N-dealkylation sites (tertiary alicyclic amines) is 1. The van der Waals surface area contributed by atoms with Gasteiger partial charge in [-0.3, -0.25) is 9.69 Å². The highest BCUT2D eigenvalue weighted by molar-refractivity contribution is 5.80. The van der Waals surface area contributed by atoms with Crippen LogP contribution in [0.15, 0.2) is 18.2 Å². The van der Waals surface area contributed by atoms with Crippen molar-refractivity contribution in [1.82, 2.24) is 10.2 Å². The van der Waals surface area contributed by atoms with Crippen LogP contribution < -0.4 is 10.1 Å². The summed E-state index contributed by atoms with van der Waals surface area (Å²) in [7, 11) is 1.60. The number of benzene rings is 1. The van der Waals surface area contributed by atoms with Crippen LogP contribution in [0.3, 0.4) is 0 Å². The lowest BCUT2D eigenvalue weighted by atomic mass is 9.88. The summed E-state index contributed by atoms with van der Waals surface area (Å²) < 4.78 is 31.2. The smallest absolute Gasteiger partial charge is 0.249 e. The quantitative estimate of drug-likeness (QED) is 0.787. The number of methoxy groups -OCH3 is 1. The van der Waals surface area contributed by atoms with E-state index in [2.05, 4.69) is 10.2 Å². The van der Waals surface area contributed by atoms with Crippen LogP contribution in [-0.2, 0) is 20.8 Å². The van der Waals surface area contributed by atoms with Gasteiger partial charge in [-0.25, -0.2) is 4.39 Å². The Kier molecular flexibility index (Phi) is 6.37. The van der Waals surface area contributed by atoms with E-state index in [9.17, 15) is 9.18 Å². The molecule has 3 fully saturated rings. The Bertz CT molecular complexity index is 715. The van der Waals surface area contributed by atoms with Crippen LogP contribution >= 0.6 is 0 Å². The minimum absolute atomic E-state index is 0.0119. The van der Waals surface area contributed by atoms with Crippen LogP contribution in [0.2, 0.25) is 0 Å². The molecule has 0 saturated carbocycles. The molecule has 29 heavy (non-hydrogen) atoms. The summed E-state index contributed by atoms with van der Waals surface area (Å²) in [4.78, 5) is 14.4. The molecular formula is C22H31FN2O4. The van der Waals surface area contributed by atoms with Crippen molar-refractivity contribution in [2.45, 2.75) is 62.9 Å². The molecule has 6 nitrogen and oxygen atoms in total. The van der Waals surface area contributed by atoms with Crippen molar-refractivity contribution in [2.75, 3.05) is 33.4 Å². The molecule has 3 aliphatic heterocycles. The molecule has 3 aliphatic rings. The molecule has 0 bridgehead atoms. The zero-order valence-electron chi connectivity index (χ0n) is 17.1. The number of ether oxygens (including phenoxy) is 3. The van der Waals surface area contributed by atoms with Crippen molar-refractivity contribution >= 4 is 5.91 Å². The Morgan fingerprint density at radius 2 is 2.14 bits per heavy atom. The van der Waals surface area contributed by atoms with Crippen LogP contribution in [0.1, 0.15) is 44.1 Å². The third kappa shape index (κ3) is 4.90. The minimum Gasteiger partial charge on any atom is -0.497 e. The fourth-order valence-corrected chi connectivity index (χ4v) is 4.68. The van der Waals surface area contributed by atoms with E-state index in [1.54, 1.807) is 19.2 Å². The average Bonchev–Trinajstić information content (AvgIpc) is 3.41. The molecule has 1 amide bonds. The number of carbonyl (C=O) groups is 1. The van der Waals surface area contributed by atoms with Gasteiger partial charge in [0.1, 0.15) is 17.7 Å². The summed E-state index contributed by atoms with van der Waals surface area (Å²) in [5, 5.41) is 2.99. The first-order valence-corrected chi connectivity index (χ1v) is 10.7. The maximum absolute atomic E-state index is 14.1. The van der Waals surface area contributed by atoms with Crippen molar-refractivity contribution in [1.29, 1.82) is 0 Å². The number of nitrogens with one attached hydrogen (secondary N) is 1. The predicted octanol–water partition coefficient (Wildman–Crippen LogP) is 2.64. The Labute approximate surface area is 171 Å². The van der Waals surface area contributed by atoms with Crippen molar-refractivity contribution in [3.05, 3.63) is 29.6 Å². The molecular weight excluding hydrogens is 375 g/mol. The van der Waals surface area contributed by atoms with Crippen LogP contribution in [0.4, 0.5) is 4.39 Å². The fraction of sp³-hybridized carbons (Fsp3) is 0.682. The molecule has 7 heteroatoms. The van der Waals surface area contributed by atoms with Gasteiger partial charge >= 0.3 is 0 Å². The zero-order chi connectivity index (χ0) is 20.3. The van der Waals surface area contributed by atoms with Gasteiger partial charge in [-0.2, -0.15) is 0 Å². The summed E-state index contributed by atoms with van der Waals surface area (Å²) in [5.74, 6) is 0.481. The number of hydrogen-bond donors (Lipinski definition) is 1. The highest BCUT2D eigenvalue weighted by Crippen LogP contribution is 2.39. The number of nitrogens with zero attached hydrogens (tertiary/aromatic N) is 1. The second-order valence-corrected chi connectivity index (χ2v) is 8.44. The first-order chi connectivity index (χ1) is 14.1. The molecule has 3 saturated heterocycles. The summed E-state index contributed by atoms with van der Waals surface area (Å²) >= 11 is 0. The highest BCUT2D eigenvalue weighted by atomic mass is 19.1. The molecule has 0 radical (unpaired) electrons. The molecule has 0 aromatic heterocycles. The van der Waals surface area contributed by atoms with Gasteiger partial charge in [-0.05, 0) is 56.7 Å². The second-order valence-electron chi connectivity index (χ2n) is 8.44. The molecule has 1 N–H and O–H groups in total. The Morgan fingerprint density at radius 3 is 2.86 bits per heavy atom. The Morgan fingerprint density at radius 1 is 1.31 bits per heavy atom. The van der Waals surface area contributed by atoms with Gasteiger partial charge in [0.05, 0.1) is 18.8 Å². The van der Waals surface area contributed by atoms with Crippen LogP contribution in [0.5, 0.6) is 5.75 Å². The monoisotopic (exact) mass is 406 g/mol. The normalized spacial score (nSPS) is 26.7. The summed E-state index contributed by atoms with van der Waals surface area (Å²) in [6.07, 6.45) is 5.42. The van der Waals surface area contributed by atoms with E-state index in [0.29, 0.717) is 31.0 Å². The SMILES string of the molecule is COc1ccc(F)c(CN2CCC3(CCC(CNC(=O)C4CCCO4)O3)CC2)c1. The lowest BCUT2D eigenvalue weighted by Gasteiger charge is -2.39. The molecule has 4 rings (SSSR count). The zero-order valence-corrected chi connectivity index (χ0v) is 17.1. The van der Waals surface area contributed by atoms with E-state index < -0.39 is 0 Å². The van der Waals surface area contributed by atoms with Crippen molar-refractivity contribution in [3.63, 3.8) is 0 Å². The molecule has 1 aromatic carbocycles. The van der Waals surface area contributed by atoms with Gasteiger partial charge in [0, 0.05) is 38.3 Å². The lowest BCUT2D eigenvalue weighted by molar-refractivity contribution is -0.131. The highest BCUT2D eigenvalue weighted by Gasteiger charge is 2.42.